The largest absolute Gasteiger partial charge is 0.387 e. The average molecular weight is 362 g/mol. The van der Waals surface area contributed by atoms with Gasteiger partial charge in [-0.05, 0) is 6.42 Å². The van der Waals surface area contributed by atoms with Crippen molar-refractivity contribution >= 4 is 5.78 Å². The van der Waals surface area contributed by atoms with Gasteiger partial charge < -0.3 is 30.3 Å². The molecule has 0 aromatic heterocycles. The first-order chi connectivity index (χ1) is 11.9. The number of carbonyl (C=O) groups is 1. The summed E-state index contributed by atoms with van der Waals surface area (Å²) in [7, 11) is 0. The number of aliphatic hydroxyl groups is 5. The number of unbranched alkanes of at least 4 members (excludes halogenated alkanes) is 8. The molecule has 6 atom stereocenters. The summed E-state index contributed by atoms with van der Waals surface area (Å²) < 4.78 is 4.88. The predicted molar refractivity (Wildman–Crippen MR) is 91.8 cm³/mol. The summed E-state index contributed by atoms with van der Waals surface area (Å²) in [6, 6.07) is 0. The maximum atomic E-state index is 12.0. The standard InChI is InChI=1S/C18H34O7/c1-2-3-4-5-6-7-8-9-10-11-12(19)13(20)17-15(22)14(21)16(23)18(24)25-17/h13-18,20-24H,2-11H2,1H3/t13?,14-,15-,16+,17+,18+/m0/s1. The smallest absolute Gasteiger partial charge is 0.184 e. The zero-order valence-corrected chi connectivity index (χ0v) is 15.1. The summed E-state index contributed by atoms with van der Waals surface area (Å²) >= 11 is 0. The van der Waals surface area contributed by atoms with Crippen molar-refractivity contribution in [2.24, 2.45) is 0 Å². The highest BCUT2D eigenvalue weighted by Crippen LogP contribution is 2.23. The Labute approximate surface area is 149 Å². The second-order valence-corrected chi connectivity index (χ2v) is 6.95. The zero-order valence-electron chi connectivity index (χ0n) is 15.1. The normalized spacial score (nSPS) is 31.0. The topological polar surface area (TPSA) is 127 Å². The number of ketones is 1. The van der Waals surface area contributed by atoms with Crippen molar-refractivity contribution < 1.29 is 35.1 Å². The Kier molecular flexibility index (Phi) is 10.7. The van der Waals surface area contributed by atoms with Crippen LogP contribution in [0.15, 0.2) is 0 Å². The third-order valence-corrected chi connectivity index (χ3v) is 4.79. The number of Topliss-reactive ketones (excluding diaryl/α,β-unsaturated/α-hetero) is 1. The molecular formula is C18H34O7. The first-order valence-electron chi connectivity index (χ1n) is 9.48. The SMILES string of the molecule is CCCCCCCCCCCC(=O)C(O)[C@H]1O[C@@H](O)[C@H](O)[C@@H](O)[C@@H]1O. The van der Waals surface area contributed by atoms with Crippen LogP contribution in [0.5, 0.6) is 0 Å². The quantitative estimate of drug-likeness (QED) is 0.322. The maximum Gasteiger partial charge on any atom is 0.184 e. The van der Waals surface area contributed by atoms with Crippen LogP contribution in [0.25, 0.3) is 0 Å². The van der Waals surface area contributed by atoms with Crippen molar-refractivity contribution in [2.45, 2.75) is 108 Å². The molecule has 0 aromatic carbocycles. The summed E-state index contributed by atoms with van der Waals surface area (Å²) in [6.07, 6.45) is 0.285. The molecule has 7 nitrogen and oxygen atoms in total. The first-order valence-corrected chi connectivity index (χ1v) is 9.48. The Morgan fingerprint density at radius 3 is 1.92 bits per heavy atom. The second-order valence-electron chi connectivity index (χ2n) is 6.95. The van der Waals surface area contributed by atoms with E-state index in [0.717, 1.165) is 19.3 Å². The first kappa shape index (κ1) is 22.5. The lowest BCUT2D eigenvalue weighted by Crippen LogP contribution is -2.61. The van der Waals surface area contributed by atoms with Gasteiger partial charge in [0, 0.05) is 6.42 Å². The van der Waals surface area contributed by atoms with Gasteiger partial charge in [0.2, 0.25) is 0 Å². The van der Waals surface area contributed by atoms with Crippen LogP contribution in [-0.2, 0) is 9.53 Å². The van der Waals surface area contributed by atoms with E-state index in [1.165, 1.54) is 32.1 Å². The number of ether oxygens (including phenoxy) is 1. The van der Waals surface area contributed by atoms with Crippen molar-refractivity contribution in [3.63, 3.8) is 0 Å². The molecule has 1 rings (SSSR count). The van der Waals surface area contributed by atoms with Crippen LogP contribution in [-0.4, -0.2) is 68.1 Å². The van der Waals surface area contributed by atoms with E-state index in [9.17, 15) is 30.3 Å². The van der Waals surface area contributed by atoms with E-state index in [1.807, 2.05) is 0 Å². The minimum atomic E-state index is -1.75. The molecule has 0 aromatic rings. The third kappa shape index (κ3) is 7.29. The van der Waals surface area contributed by atoms with Gasteiger partial charge in [0.25, 0.3) is 0 Å². The van der Waals surface area contributed by atoms with Gasteiger partial charge in [-0.15, -0.1) is 0 Å². The van der Waals surface area contributed by atoms with E-state index < -0.39 is 42.6 Å². The fourth-order valence-electron chi connectivity index (χ4n) is 3.09. The number of carbonyl (C=O) groups excluding carboxylic acids is 1. The van der Waals surface area contributed by atoms with Crippen molar-refractivity contribution in [3.05, 3.63) is 0 Å². The van der Waals surface area contributed by atoms with E-state index in [2.05, 4.69) is 6.92 Å². The van der Waals surface area contributed by atoms with E-state index >= 15 is 0 Å². The van der Waals surface area contributed by atoms with Gasteiger partial charge in [-0.25, -0.2) is 0 Å². The monoisotopic (exact) mass is 362 g/mol. The molecule has 1 unspecified atom stereocenters. The lowest BCUT2D eigenvalue weighted by Gasteiger charge is -2.39. The summed E-state index contributed by atoms with van der Waals surface area (Å²) in [5.41, 5.74) is 0. The average Bonchev–Trinajstić information content (AvgIpc) is 2.60. The summed E-state index contributed by atoms with van der Waals surface area (Å²) in [5.74, 6) is -0.497. The van der Waals surface area contributed by atoms with Crippen molar-refractivity contribution in [2.75, 3.05) is 0 Å². The van der Waals surface area contributed by atoms with Crippen molar-refractivity contribution in [1.29, 1.82) is 0 Å². The minimum Gasteiger partial charge on any atom is -0.387 e. The van der Waals surface area contributed by atoms with Gasteiger partial charge in [0.1, 0.15) is 30.5 Å². The Bertz CT molecular complexity index is 376. The Hall–Kier alpha value is -0.570. The van der Waals surface area contributed by atoms with Gasteiger partial charge in [-0.2, -0.15) is 0 Å². The van der Waals surface area contributed by atoms with Crippen LogP contribution in [0, 0.1) is 0 Å². The van der Waals surface area contributed by atoms with Gasteiger partial charge >= 0.3 is 0 Å². The Morgan fingerprint density at radius 1 is 0.840 bits per heavy atom. The molecule has 5 N–H and O–H groups in total. The van der Waals surface area contributed by atoms with Crippen LogP contribution >= 0.6 is 0 Å². The fourth-order valence-corrected chi connectivity index (χ4v) is 3.09. The zero-order chi connectivity index (χ0) is 18.8. The molecule has 7 heteroatoms. The van der Waals surface area contributed by atoms with Crippen LogP contribution in [0.1, 0.15) is 71.1 Å². The van der Waals surface area contributed by atoms with Gasteiger partial charge in [0.05, 0.1) is 0 Å². The molecule has 0 spiro atoms. The van der Waals surface area contributed by atoms with Gasteiger partial charge in [-0.3, -0.25) is 4.79 Å². The molecule has 25 heavy (non-hydrogen) atoms. The molecule has 1 saturated heterocycles. The Morgan fingerprint density at radius 2 is 1.36 bits per heavy atom. The van der Waals surface area contributed by atoms with Crippen LogP contribution in [0.4, 0.5) is 0 Å². The summed E-state index contributed by atoms with van der Waals surface area (Å²) in [4.78, 5) is 12.0. The number of hydrogen-bond acceptors (Lipinski definition) is 7. The molecular weight excluding hydrogens is 328 g/mol. The van der Waals surface area contributed by atoms with E-state index in [1.54, 1.807) is 0 Å². The molecule has 1 fully saturated rings. The number of aliphatic hydroxyl groups excluding tert-OH is 5. The van der Waals surface area contributed by atoms with Crippen molar-refractivity contribution in [1.82, 2.24) is 0 Å². The minimum absolute atomic E-state index is 0.151. The Balaban J connectivity index is 2.21. The fraction of sp³-hybridized carbons (Fsp3) is 0.944. The van der Waals surface area contributed by atoms with Crippen molar-refractivity contribution in [3.8, 4) is 0 Å². The van der Waals surface area contributed by atoms with E-state index in [0.29, 0.717) is 6.42 Å². The molecule has 0 bridgehead atoms. The third-order valence-electron chi connectivity index (χ3n) is 4.79. The number of rotatable bonds is 12. The highest BCUT2D eigenvalue weighted by molar-refractivity contribution is 5.83. The van der Waals surface area contributed by atoms with E-state index in [4.69, 9.17) is 4.74 Å². The van der Waals surface area contributed by atoms with Gasteiger partial charge in [0.15, 0.2) is 12.1 Å². The lowest BCUT2D eigenvalue weighted by atomic mass is 9.92. The molecule has 0 radical (unpaired) electrons. The van der Waals surface area contributed by atoms with E-state index in [-0.39, 0.29) is 6.42 Å². The van der Waals surface area contributed by atoms with Crippen LogP contribution in [0.2, 0.25) is 0 Å². The van der Waals surface area contributed by atoms with Gasteiger partial charge in [-0.1, -0.05) is 58.3 Å². The molecule has 148 valence electrons. The molecule has 0 aliphatic carbocycles. The maximum absolute atomic E-state index is 12.0. The molecule has 0 saturated carbocycles. The van der Waals surface area contributed by atoms with Crippen LogP contribution in [0.3, 0.4) is 0 Å². The summed E-state index contributed by atoms with van der Waals surface area (Å²) in [5, 5.41) is 48.3. The second kappa shape index (κ2) is 11.9. The molecule has 0 amide bonds. The lowest BCUT2D eigenvalue weighted by molar-refractivity contribution is -0.294. The molecule has 1 aliphatic heterocycles. The number of hydrogen-bond donors (Lipinski definition) is 5. The highest BCUT2D eigenvalue weighted by atomic mass is 16.6. The predicted octanol–water partition coefficient (Wildman–Crippen LogP) is 0.637. The molecule has 1 aliphatic rings. The molecule has 1 heterocycles. The van der Waals surface area contributed by atoms with Crippen LogP contribution < -0.4 is 0 Å². The highest BCUT2D eigenvalue weighted by Gasteiger charge is 2.47. The summed E-state index contributed by atoms with van der Waals surface area (Å²) in [6.45, 7) is 2.19.